The van der Waals surface area contributed by atoms with Gasteiger partial charge >= 0.3 is 11.9 Å². The van der Waals surface area contributed by atoms with Crippen LogP contribution in [0.15, 0.2) is 24.3 Å². The molecule has 0 amide bonds. The molecule has 3 rings (SSSR count). The smallest absolute Gasteiger partial charge is 0.330 e. The highest BCUT2D eigenvalue weighted by Crippen LogP contribution is 2.73. The largest absolute Gasteiger partial charge is 0.460 e. The number of carbonyl (C=O) groups is 2. The summed E-state index contributed by atoms with van der Waals surface area (Å²) < 4.78 is 9.91. The molecule has 6 nitrogen and oxygen atoms in total. The molecule has 0 aromatic carbocycles. The average Bonchev–Trinajstić information content (AvgIpc) is 3.32. The highest BCUT2D eigenvalue weighted by Gasteiger charge is 2.65. The fourth-order valence-corrected chi connectivity index (χ4v) is 5.73. The minimum absolute atomic E-state index is 0.00314. The number of fused-ring (bicyclic) bond motifs is 5. The lowest BCUT2D eigenvalue weighted by Gasteiger charge is -2.45. The van der Waals surface area contributed by atoms with Crippen LogP contribution in [-0.4, -0.2) is 48.6 Å². The Hall–Kier alpha value is -1.66. The summed E-state index contributed by atoms with van der Waals surface area (Å²) in [6, 6.07) is 0. The van der Waals surface area contributed by atoms with Crippen molar-refractivity contribution in [2.45, 2.75) is 38.5 Å². The maximum atomic E-state index is 11.9. The highest BCUT2D eigenvalue weighted by molar-refractivity contribution is 5.83. The minimum atomic E-state index is -0.431. The zero-order chi connectivity index (χ0) is 18.6. The van der Waals surface area contributed by atoms with Crippen LogP contribution in [0, 0.1) is 22.7 Å². The summed E-state index contributed by atoms with van der Waals surface area (Å²) in [5.74, 6) is 0.313. The van der Waals surface area contributed by atoms with Crippen molar-refractivity contribution in [1.82, 2.24) is 0 Å². The Balaban J connectivity index is 1.81. The number of allylic oxidation sites excluding steroid dienone is 2. The summed E-state index contributed by atoms with van der Waals surface area (Å²) in [4.78, 5) is 23.8. The van der Waals surface area contributed by atoms with E-state index in [1.807, 2.05) is 12.2 Å². The van der Waals surface area contributed by atoms with Crippen LogP contribution < -0.4 is 0 Å². The van der Waals surface area contributed by atoms with Crippen molar-refractivity contribution >= 4 is 11.9 Å². The molecule has 6 heteroatoms. The standard InChI is InChI=1S/C20H28O6/c21-10-12-25-17(23)4-8-19-7-3-15(14-19)16-2-1-6-20(16,19)9-5-18(24)26-13-11-22/h4-5,8-9,15-16,21-22H,1-3,6-7,10-14H2. The van der Waals surface area contributed by atoms with E-state index in [9.17, 15) is 9.59 Å². The Labute approximate surface area is 153 Å². The van der Waals surface area contributed by atoms with E-state index in [-0.39, 0.29) is 37.3 Å². The van der Waals surface area contributed by atoms with E-state index >= 15 is 0 Å². The van der Waals surface area contributed by atoms with Gasteiger partial charge in [-0.2, -0.15) is 0 Å². The maximum absolute atomic E-state index is 11.9. The normalized spacial score (nSPS) is 35.3. The molecule has 3 fully saturated rings. The molecular weight excluding hydrogens is 336 g/mol. The molecular formula is C20H28O6. The van der Waals surface area contributed by atoms with E-state index in [1.54, 1.807) is 0 Å². The molecule has 26 heavy (non-hydrogen) atoms. The van der Waals surface area contributed by atoms with Gasteiger partial charge in [0.1, 0.15) is 13.2 Å². The molecule has 3 aliphatic carbocycles. The van der Waals surface area contributed by atoms with Crippen molar-refractivity contribution in [1.29, 1.82) is 0 Å². The molecule has 0 saturated heterocycles. The first kappa shape index (κ1) is 19.1. The lowest BCUT2D eigenvalue weighted by atomic mass is 9.59. The fraction of sp³-hybridized carbons (Fsp3) is 0.700. The minimum Gasteiger partial charge on any atom is -0.460 e. The van der Waals surface area contributed by atoms with Crippen LogP contribution in [0.4, 0.5) is 0 Å². The zero-order valence-electron chi connectivity index (χ0n) is 15.1. The fourth-order valence-electron chi connectivity index (χ4n) is 5.73. The van der Waals surface area contributed by atoms with Crippen LogP contribution in [0.2, 0.25) is 0 Å². The molecule has 2 bridgehead atoms. The Kier molecular flexibility index (Phi) is 5.82. The number of aliphatic hydroxyl groups is 2. The van der Waals surface area contributed by atoms with Crippen LogP contribution in [0.3, 0.4) is 0 Å². The molecule has 0 aromatic rings. The molecule has 0 aliphatic heterocycles. The van der Waals surface area contributed by atoms with Crippen LogP contribution in [0.1, 0.15) is 38.5 Å². The van der Waals surface area contributed by atoms with E-state index in [1.165, 1.54) is 12.2 Å². The Morgan fingerprint density at radius 3 is 2.27 bits per heavy atom. The molecule has 3 aliphatic rings. The van der Waals surface area contributed by atoms with Crippen molar-refractivity contribution < 1.29 is 29.3 Å². The van der Waals surface area contributed by atoms with Crippen LogP contribution in [0.5, 0.6) is 0 Å². The molecule has 0 heterocycles. The summed E-state index contributed by atoms with van der Waals surface area (Å²) >= 11 is 0. The first-order chi connectivity index (χ1) is 12.6. The number of hydrogen-bond acceptors (Lipinski definition) is 6. The number of esters is 2. The van der Waals surface area contributed by atoms with Crippen molar-refractivity contribution in [3.8, 4) is 0 Å². The van der Waals surface area contributed by atoms with Crippen LogP contribution in [0.25, 0.3) is 0 Å². The Bertz CT molecular complexity index is 597. The summed E-state index contributed by atoms with van der Waals surface area (Å²) in [6.45, 7) is -0.358. The first-order valence-electron chi connectivity index (χ1n) is 9.51. The highest BCUT2D eigenvalue weighted by atomic mass is 16.5. The third-order valence-corrected chi connectivity index (χ3v) is 6.58. The number of ether oxygens (including phenoxy) is 2. The molecule has 0 spiro atoms. The lowest BCUT2D eigenvalue weighted by molar-refractivity contribution is -0.139. The SMILES string of the molecule is O=C(C=CC12CCC(C1)C1CCCC12C=CC(=O)OCCO)OCCO. The van der Waals surface area contributed by atoms with Gasteiger partial charge in [0.15, 0.2) is 0 Å². The summed E-state index contributed by atoms with van der Waals surface area (Å²) in [6.07, 6.45) is 13.5. The van der Waals surface area contributed by atoms with Gasteiger partial charge in [-0.15, -0.1) is 0 Å². The summed E-state index contributed by atoms with van der Waals surface area (Å²) in [5, 5.41) is 17.6. The number of carbonyl (C=O) groups excluding carboxylic acids is 2. The molecule has 4 atom stereocenters. The predicted molar refractivity (Wildman–Crippen MR) is 93.9 cm³/mol. The van der Waals surface area contributed by atoms with Gasteiger partial charge in [0.25, 0.3) is 0 Å². The molecule has 3 saturated carbocycles. The monoisotopic (exact) mass is 364 g/mol. The maximum Gasteiger partial charge on any atom is 0.330 e. The zero-order valence-corrected chi connectivity index (χ0v) is 15.1. The van der Waals surface area contributed by atoms with E-state index in [4.69, 9.17) is 19.7 Å². The second kappa shape index (κ2) is 7.92. The van der Waals surface area contributed by atoms with Crippen molar-refractivity contribution in [2.75, 3.05) is 26.4 Å². The van der Waals surface area contributed by atoms with Crippen molar-refractivity contribution in [2.24, 2.45) is 22.7 Å². The van der Waals surface area contributed by atoms with E-state index in [2.05, 4.69) is 0 Å². The molecule has 0 radical (unpaired) electrons. The molecule has 0 aromatic heterocycles. The quantitative estimate of drug-likeness (QED) is 0.504. The third-order valence-electron chi connectivity index (χ3n) is 6.58. The van der Waals surface area contributed by atoms with E-state index < -0.39 is 11.9 Å². The average molecular weight is 364 g/mol. The van der Waals surface area contributed by atoms with Crippen molar-refractivity contribution in [3.63, 3.8) is 0 Å². The lowest BCUT2D eigenvalue weighted by Crippen LogP contribution is -2.38. The molecule has 2 N–H and O–H groups in total. The van der Waals surface area contributed by atoms with Gasteiger partial charge in [-0.1, -0.05) is 18.6 Å². The number of rotatable bonds is 8. The van der Waals surface area contributed by atoms with E-state index in [0.29, 0.717) is 11.8 Å². The number of hydrogen-bond donors (Lipinski definition) is 2. The Morgan fingerprint density at radius 1 is 0.962 bits per heavy atom. The topological polar surface area (TPSA) is 93.1 Å². The first-order valence-corrected chi connectivity index (χ1v) is 9.51. The number of aliphatic hydroxyl groups excluding tert-OH is 2. The third kappa shape index (κ3) is 3.32. The van der Waals surface area contributed by atoms with Crippen LogP contribution >= 0.6 is 0 Å². The van der Waals surface area contributed by atoms with Crippen LogP contribution in [-0.2, 0) is 19.1 Å². The second-order valence-corrected chi connectivity index (χ2v) is 7.65. The van der Waals surface area contributed by atoms with Gasteiger partial charge in [0.05, 0.1) is 13.2 Å². The molecule has 4 unspecified atom stereocenters. The van der Waals surface area contributed by atoms with Gasteiger partial charge in [0.2, 0.25) is 0 Å². The Morgan fingerprint density at radius 2 is 1.62 bits per heavy atom. The van der Waals surface area contributed by atoms with Crippen molar-refractivity contribution in [3.05, 3.63) is 24.3 Å². The van der Waals surface area contributed by atoms with Gasteiger partial charge in [-0.25, -0.2) is 9.59 Å². The van der Waals surface area contributed by atoms with Gasteiger partial charge < -0.3 is 19.7 Å². The molecule has 144 valence electrons. The summed E-state index contributed by atoms with van der Waals surface area (Å²) in [5.41, 5.74) is -0.229. The summed E-state index contributed by atoms with van der Waals surface area (Å²) in [7, 11) is 0. The van der Waals surface area contributed by atoms with Gasteiger partial charge in [-0.05, 0) is 49.4 Å². The van der Waals surface area contributed by atoms with E-state index in [0.717, 1.165) is 38.5 Å². The van der Waals surface area contributed by atoms with Gasteiger partial charge in [-0.3, -0.25) is 0 Å². The second-order valence-electron chi connectivity index (χ2n) is 7.65. The predicted octanol–water partition coefficient (Wildman–Crippen LogP) is 1.76. The van der Waals surface area contributed by atoms with Gasteiger partial charge in [0, 0.05) is 17.6 Å².